The van der Waals surface area contributed by atoms with Crippen molar-refractivity contribution in [2.24, 2.45) is 10.9 Å². The maximum Gasteiger partial charge on any atom is 0.257 e. The van der Waals surface area contributed by atoms with Gasteiger partial charge < -0.3 is 15.8 Å². The van der Waals surface area contributed by atoms with E-state index < -0.39 is 17.8 Å². The molecule has 1 atom stereocenters. The van der Waals surface area contributed by atoms with Gasteiger partial charge in [-0.05, 0) is 37.5 Å². The van der Waals surface area contributed by atoms with Crippen molar-refractivity contribution in [1.29, 1.82) is 0 Å². The summed E-state index contributed by atoms with van der Waals surface area (Å²) in [5.41, 5.74) is 5.61. The van der Waals surface area contributed by atoms with Crippen molar-refractivity contribution in [2.45, 2.75) is 25.3 Å². The lowest BCUT2D eigenvalue weighted by molar-refractivity contribution is 0.0672. The van der Waals surface area contributed by atoms with E-state index in [4.69, 9.17) is 10.9 Å². The largest absolute Gasteiger partial charge is 0.409 e. The second kappa shape index (κ2) is 6.21. The molecule has 1 amide bonds. The molecule has 0 radical (unpaired) electrons. The molecule has 0 aromatic heterocycles. The Bertz CT molecular complexity index is 550. The van der Waals surface area contributed by atoms with Crippen LogP contribution in [0.1, 0.15) is 29.6 Å². The summed E-state index contributed by atoms with van der Waals surface area (Å²) in [6.07, 6.45) is 2.31. The molecule has 1 aliphatic rings. The van der Waals surface area contributed by atoms with Gasteiger partial charge in [-0.3, -0.25) is 4.79 Å². The molecular formula is C13H15BrFN3O2. The number of carbonyl (C=O) groups is 1. The van der Waals surface area contributed by atoms with Gasteiger partial charge in [0.2, 0.25) is 0 Å². The molecule has 5 nitrogen and oxygen atoms in total. The first-order valence-corrected chi connectivity index (χ1v) is 7.07. The number of amidine groups is 1. The molecule has 20 heavy (non-hydrogen) atoms. The van der Waals surface area contributed by atoms with E-state index in [0.717, 1.165) is 12.8 Å². The van der Waals surface area contributed by atoms with E-state index in [1.807, 2.05) is 0 Å². The Kier molecular flexibility index (Phi) is 4.59. The fourth-order valence-electron chi connectivity index (χ4n) is 2.37. The zero-order valence-corrected chi connectivity index (χ0v) is 12.3. The predicted octanol–water partition coefficient (Wildman–Crippen LogP) is 2.33. The first-order chi connectivity index (χ1) is 9.54. The van der Waals surface area contributed by atoms with Crippen molar-refractivity contribution in [3.63, 3.8) is 0 Å². The number of likely N-dealkylation sites (tertiary alicyclic amines) is 1. The Morgan fingerprint density at radius 1 is 1.50 bits per heavy atom. The number of rotatable bonds is 2. The molecule has 1 saturated heterocycles. The van der Waals surface area contributed by atoms with Gasteiger partial charge in [0.05, 0.1) is 11.6 Å². The van der Waals surface area contributed by atoms with Crippen LogP contribution in [0.15, 0.2) is 27.8 Å². The lowest BCUT2D eigenvalue weighted by Gasteiger charge is -2.34. The van der Waals surface area contributed by atoms with Crippen molar-refractivity contribution in [2.75, 3.05) is 6.54 Å². The van der Waals surface area contributed by atoms with E-state index in [1.165, 1.54) is 17.0 Å². The van der Waals surface area contributed by atoms with Crippen LogP contribution in [0, 0.1) is 5.82 Å². The number of oxime groups is 1. The van der Waals surface area contributed by atoms with Crippen LogP contribution >= 0.6 is 15.9 Å². The minimum atomic E-state index is -0.590. The number of halogens is 2. The van der Waals surface area contributed by atoms with E-state index in [1.54, 1.807) is 6.07 Å². The standard InChI is InChI=1S/C13H15BrFN3O2/c14-8-4-5-9(10(15)7-8)13(19)18-6-2-1-3-11(18)12(16)17-20/h4-5,7,11,20H,1-3,6H2,(H2,16,17). The summed E-state index contributed by atoms with van der Waals surface area (Å²) in [5.74, 6) is -1.05. The number of carbonyl (C=O) groups excluding carboxylic acids is 1. The highest BCUT2D eigenvalue weighted by Gasteiger charge is 2.31. The number of amides is 1. The van der Waals surface area contributed by atoms with Gasteiger partial charge in [0.15, 0.2) is 5.84 Å². The van der Waals surface area contributed by atoms with Crippen molar-refractivity contribution in [3.8, 4) is 0 Å². The fourth-order valence-corrected chi connectivity index (χ4v) is 2.70. The molecule has 1 fully saturated rings. The molecule has 1 aliphatic heterocycles. The van der Waals surface area contributed by atoms with Crippen molar-refractivity contribution >= 4 is 27.7 Å². The van der Waals surface area contributed by atoms with E-state index >= 15 is 0 Å². The average molecular weight is 344 g/mol. The van der Waals surface area contributed by atoms with Crippen LogP contribution in [0.25, 0.3) is 0 Å². The van der Waals surface area contributed by atoms with E-state index in [2.05, 4.69) is 21.1 Å². The van der Waals surface area contributed by atoms with Gasteiger partial charge in [0.25, 0.3) is 5.91 Å². The number of piperidine rings is 1. The number of hydrogen-bond donors (Lipinski definition) is 2. The molecule has 2 rings (SSSR count). The van der Waals surface area contributed by atoms with Gasteiger partial charge in [-0.25, -0.2) is 4.39 Å². The molecule has 108 valence electrons. The van der Waals surface area contributed by atoms with Crippen LogP contribution < -0.4 is 5.73 Å². The first kappa shape index (κ1) is 14.8. The van der Waals surface area contributed by atoms with Gasteiger partial charge >= 0.3 is 0 Å². The number of benzene rings is 1. The zero-order chi connectivity index (χ0) is 14.7. The Morgan fingerprint density at radius 2 is 2.25 bits per heavy atom. The predicted molar refractivity (Wildman–Crippen MR) is 76.2 cm³/mol. The van der Waals surface area contributed by atoms with Gasteiger partial charge in [-0.15, -0.1) is 0 Å². The summed E-state index contributed by atoms with van der Waals surface area (Å²) in [4.78, 5) is 13.9. The van der Waals surface area contributed by atoms with Crippen LogP contribution in [-0.2, 0) is 0 Å². The normalized spacial score (nSPS) is 20.0. The molecule has 1 unspecified atom stereocenters. The van der Waals surface area contributed by atoms with Crippen LogP contribution in [0.3, 0.4) is 0 Å². The molecule has 3 N–H and O–H groups in total. The third-order valence-corrected chi connectivity index (χ3v) is 3.88. The molecular weight excluding hydrogens is 329 g/mol. The van der Waals surface area contributed by atoms with Crippen LogP contribution in [0.4, 0.5) is 4.39 Å². The number of nitrogens with two attached hydrogens (primary N) is 1. The first-order valence-electron chi connectivity index (χ1n) is 6.28. The Hall–Kier alpha value is -1.63. The van der Waals surface area contributed by atoms with Crippen LogP contribution in [0.5, 0.6) is 0 Å². The lowest BCUT2D eigenvalue weighted by atomic mass is 10.00. The molecule has 0 saturated carbocycles. The summed E-state index contributed by atoms with van der Waals surface area (Å²) in [6.45, 7) is 0.467. The Balaban J connectivity index is 2.30. The number of nitrogens with zero attached hydrogens (tertiary/aromatic N) is 2. The van der Waals surface area contributed by atoms with Crippen molar-refractivity contribution in [3.05, 3.63) is 34.1 Å². The SMILES string of the molecule is NC(=NO)C1CCCCN1C(=O)c1ccc(Br)cc1F. The molecule has 1 aromatic carbocycles. The summed E-state index contributed by atoms with van der Waals surface area (Å²) < 4.78 is 14.4. The van der Waals surface area contributed by atoms with Gasteiger partial charge in [0.1, 0.15) is 5.82 Å². The minimum absolute atomic E-state index is 0.00848. The van der Waals surface area contributed by atoms with E-state index in [0.29, 0.717) is 17.4 Å². The maximum atomic E-state index is 13.9. The summed E-state index contributed by atoms with van der Waals surface area (Å²) in [5, 5.41) is 11.8. The van der Waals surface area contributed by atoms with Gasteiger partial charge in [0, 0.05) is 11.0 Å². The molecule has 0 spiro atoms. The minimum Gasteiger partial charge on any atom is -0.409 e. The highest BCUT2D eigenvalue weighted by atomic mass is 79.9. The third-order valence-electron chi connectivity index (χ3n) is 3.38. The highest BCUT2D eigenvalue weighted by Crippen LogP contribution is 2.22. The van der Waals surface area contributed by atoms with Crippen molar-refractivity contribution in [1.82, 2.24) is 4.90 Å². The average Bonchev–Trinajstić information content (AvgIpc) is 2.46. The molecule has 1 heterocycles. The summed E-state index contributed by atoms with van der Waals surface area (Å²) in [7, 11) is 0. The van der Waals surface area contributed by atoms with E-state index in [9.17, 15) is 9.18 Å². The quantitative estimate of drug-likeness (QED) is 0.374. The molecule has 1 aromatic rings. The Morgan fingerprint density at radius 3 is 2.90 bits per heavy atom. The smallest absolute Gasteiger partial charge is 0.257 e. The number of hydrogen-bond acceptors (Lipinski definition) is 3. The monoisotopic (exact) mass is 343 g/mol. The van der Waals surface area contributed by atoms with Crippen LogP contribution in [-0.4, -0.2) is 34.4 Å². The molecule has 0 aliphatic carbocycles. The zero-order valence-electron chi connectivity index (χ0n) is 10.7. The summed E-state index contributed by atoms with van der Waals surface area (Å²) >= 11 is 3.15. The van der Waals surface area contributed by atoms with E-state index in [-0.39, 0.29) is 11.4 Å². The molecule has 0 bridgehead atoms. The van der Waals surface area contributed by atoms with Crippen molar-refractivity contribution < 1.29 is 14.4 Å². The Labute approximate surface area is 124 Å². The molecule has 7 heteroatoms. The van der Waals surface area contributed by atoms with Crippen LogP contribution in [0.2, 0.25) is 0 Å². The second-order valence-electron chi connectivity index (χ2n) is 4.66. The van der Waals surface area contributed by atoms with Gasteiger partial charge in [-0.1, -0.05) is 21.1 Å². The lowest BCUT2D eigenvalue weighted by Crippen LogP contribution is -2.50. The fraction of sp³-hybridized carbons (Fsp3) is 0.385. The van der Waals surface area contributed by atoms with Gasteiger partial charge in [-0.2, -0.15) is 0 Å². The third kappa shape index (κ3) is 2.92. The topological polar surface area (TPSA) is 78.9 Å². The maximum absolute atomic E-state index is 13.9. The second-order valence-corrected chi connectivity index (χ2v) is 5.57. The highest BCUT2D eigenvalue weighted by molar-refractivity contribution is 9.10. The summed E-state index contributed by atoms with van der Waals surface area (Å²) in [6, 6.07) is 3.80.